The van der Waals surface area contributed by atoms with Crippen LogP contribution in [0, 0.1) is 0 Å². The van der Waals surface area contributed by atoms with E-state index >= 15 is 0 Å². The summed E-state index contributed by atoms with van der Waals surface area (Å²) in [6.45, 7) is 4.75. The van der Waals surface area contributed by atoms with Gasteiger partial charge in [0, 0.05) is 6.42 Å². The SMILES string of the molecule is CC/C=C\C/C=C\C/C=C\C/C=C\C/C=C\C/C=C\CCCCCCCCCCCCCCCCCCC(=O)NC(COP(=O)(O)OCC[N+](C)(C)C)C(O)CCCCCCCCCCC. The number of rotatable bonds is 49. The fourth-order valence-corrected chi connectivity index (χ4v) is 8.43. The first-order chi connectivity index (χ1) is 32.0. The molecule has 0 aliphatic heterocycles. The normalized spacial score (nSPS) is 14.6. The van der Waals surface area contributed by atoms with Crippen LogP contribution < -0.4 is 5.32 Å². The monoisotopic (exact) mass is 946 g/mol. The minimum absolute atomic E-state index is 0.0732. The molecule has 0 heterocycles. The molecule has 1 amide bonds. The zero-order valence-corrected chi connectivity index (χ0v) is 44.6. The van der Waals surface area contributed by atoms with Gasteiger partial charge in [0.05, 0.1) is 39.9 Å². The lowest BCUT2D eigenvalue weighted by atomic mass is 10.0. The molecule has 66 heavy (non-hydrogen) atoms. The first-order valence-corrected chi connectivity index (χ1v) is 28.8. The standard InChI is InChI=1S/C57H105N2O6P/c1-6-8-10-12-14-16-17-18-19-20-21-22-23-24-25-26-27-28-29-30-31-32-33-34-35-36-37-38-39-40-41-43-45-47-49-51-57(61)58-55(54-65-66(62,63)64-53-52-59(3,4)5)56(60)50-48-46-44-42-15-13-11-9-7-2/h8,10,14,16,18-19,21-22,24-25,27-28,55-56,60H,6-7,9,11-13,15,17,20,23,26,29-54H2,1-5H3,(H-,58,61,62,63)/p+1/b10-8-,16-14-,19-18-,22-21-,25-24-,28-27-. The summed E-state index contributed by atoms with van der Waals surface area (Å²) in [5.74, 6) is -0.148. The third-order valence-corrected chi connectivity index (χ3v) is 13.0. The topological polar surface area (TPSA) is 105 Å². The Morgan fingerprint density at radius 1 is 0.530 bits per heavy atom. The van der Waals surface area contributed by atoms with Crippen LogP contribution in [0.3, 0.4) is 0 Å². The summed E-state index contributed by atoms with van der Waals surface area (Å²) in [6, 6.07) is -0.760. The Hall–Kier alpha value is -2.06. The smallest absolute Gasteiger partial charge is 0.391 e. The van der Waals surface area contributed by atoms with Crippen LogP contribution in [0.5, 0.6) is 0 Å². The molecule has 0 rings (SSSR count). The number of nitrogens with zero attached hydrogens (tertiary/aromatic N) is 1. The number of quaternary nitrogens is 1. The molecule has 0 bridgehead atoms. The van der Waals surface area contributed by atoms with E-state index < -0.39 is 20.0 Å². The van der Waals surface area contributed by atoms with E-state index in [1.54, 1.807) is 0 Å². The number of allylic oxidation sites excluding steroid dienone is 12. The second kappa shape index (κ2) is 48.0. The van der Waals surface area contributed by atoms with E-state index in [4.69, 9.17) is 9.05 Å². The summed E-state index contributed by atoms with van der Waals surface area (Å²) in [5.41, 5.74) is 0. The van der Waals surface area contributed by atoms with Crippen molar-refractivity contribution in [1.82, 2.24) is 5.32 Å². The minimum Gasteiger partial charge on any atom is -0.391 e. The summed E-state index contributed by atoms with van der Waals surface area (Å²) in [4.78, 5) is 23.2. The third-order valence-electron chi connectivity index (χ3n) is 12.0. The van der Waals surface area contributed by atoms with E-state index in [2.05, 4.69) is 92.1 Å². The molecular weight excluding hydrogens is 840 g/mol. The van der Waals surface area contributed by atoms with E-state index in [1.807, 2.05) is 21.1 Å². The lowest BCUT2D eigenvalue weighted by molar-refractivity contribution is -0.870. The predicted octanol–water partition coefficient (Wildman–Crippen LogP) is 16.3. The zero-order chi connectivity index (χ0) is 48.5. The van der Waals surface area contributed by atoms with Crippen molar-refractivity contribution in [2.45, 2.75) is 244 Å². The molecule has 0 radical (unpaired) electrons. The molecule has 0 aliphatic carbocycles. The number of phosphoric ester groups is 1. The highest BCUT2D eigenvalue weighted by atomic mass is 31.2. The predicted molar refractivity (Wildman–Crippen MR) is 286 cm³/mol. The maximum absolute atomic E-state index is 12.9. The molecule has 0 aliphatic rings. The molecule has 384 valence electrons. The Morgan fingerprint density at radius 3 is 1.33 bits per heavy atom. The summed E-state index contributed by atoms with van der Waals surface area (Å²) < 4.78 is 23.6. The molecule has 0 saturated heterocycles. The van der Waals surface area contributed by atoms with E-state index in [-0.39, 0.29) is 19.1 Å². The summed E-state index contributed by atoms with van der Waals surface area (Å²) in [7, 11) is 1.61. The largest absolute Gasteiger partial charge is 0.472 e. The van der Waals surface area contributed by atoms with Gasteiger partial charge < -0.3 is 19.8 Å². The van der Waals surface area contributed by atoms with Crippen LogP contribution in [-0.2, 0) is 18.4 Å². The molecule has 3 N–H and O–H groups in total. The first kappa shape index (κ1) is 63.9. The van der Waals surface area contributed by atoms with Crippen LogP contribution >= 0.6 is 7.82 Å². The van der Waals surface area contributed by atoms with Gasteiger partial charge in [-0.3, -0.25) is 13.8 Å². The van der Waals surface area contributed by atoms with Gasteiger partial charge in [0.1, 0.15) is 13.2 Å². The number of aliphatic hydroxyl groups is 1. The summed E-state index contributed by atoms with van der Waals surface area (Å²) in [5, 5.41) is 13.9. The van der Waals surface area contributed by atoms with Crippen molar-refractivity contribution in [3.8, 4) is 0 Å². The highest BCUT2D eigenvalue weighted by Crippen LogP contribution is 2.43. The lowest BCUT2D eigenvalue weighted by Gasteiger charge is -2.26. The molecule has 0 spiro atoms. The highest BCUT2D eigenvalue weighted by Gasteiger charge is 2.28. The Bertz CT molecular complexity index is 1300. The number of carbonyl (C=O) groups excluding carboxylic acids is 1. The minimum atomic E-state index is -4.31. The average Bonchev–Trinajstić information content (AvgIpc) is 3.28. The number of hydrogen-bond acceptors (Lipinski definition) is 5. The average molecular weight is 946 g/mol. The van der Waals surface area contributed by atoms with Gasteiger partial charge in [-0.25, -0.2) is 4.57 Å². The quantitative estimate of drug-likeness (QED) is 0.0243. The number of phosphoric acid groups is 1. The molecule has 9 heteroatoms. The van der Waals surface area contributed by atoms with Crippen molar-refractivity contribution in [2.24, 2.45) is 0 Å². The number of carbonyl (C=O) groups is 1. The van der Waals surface area contributed by atoms with Crippen molar-refractivity contribution in [3.05, 3.63) is 72.9 Å². The van der Waals surface area contributed by atoms with Gasteiger partial charge in [0.25, 0.3) is 0 Å². The van der Waals surface area contributed by atoms with Crippen molar-refractivity contribution in [3.63, 3.8) is 0 Å². The fraction of sp³-hybridized carbons (Fsp3) is 0.772. The Labute approximate surface area is 408 Å². The van der Waals surface area contributed by atoms with Crippen molar-refractivity contribution < 1.29 is 32.9 Å². The summed E-state index contributed by atoms with van der Waals surface area (Å²) in [6.07, 6.45) is 65.4. The number of nitrogens with one attached hydrogen (secondary N) is 1. The van der Waals surface area contributed by atoms with Gasteiger partial charge in [-0.2, -0.15) is 0 Å². The maximum atomic E-state index is 12.9. The van der Waals surface area contributed by atoms with Gasteiger partial charge in [-0.05, 0) is 64.2 Å². The first-order valence-electron chi connectivity index (χ1n) is 27.3. The number of aliphatic hydroxyl groups excluding tert-OH is 1. The van der Waals surface area contributed by atoms with E-state index in [0.29, 0.717) is 23.9 Å². The summed E-state index contributed by atoms with van der Waals surface area (Å²) >= 11 is 0. The number of unbranched alkanes of at least 4 members (excludes halogenated alkanes) is 24. The molecular formula is C57H106N2O6P+. The number of amides is 1. The van der Waals surface area contributed by atoms with Crippen LogP contribution in [0.15, 0.2) is 72.9 Å². The Kier molecular flexibility index (Phi) is 46.5. The molecule has 0 saturated carbocycles. The van der Waals surface area contributed by atoms with E-state index in [9.17, 15) is 19.4 Å². The van der Waals surface area contributed by atoms with Crippen molar-refractivity contribution in [1.29, 1.82) is 0 Å². The van der Waals surface area contributed by atoms with Gasteiger partial charge in [-0.1, -0.05) is 234 Å². The van der Waals surface area contributed by atoms with Gasteiger partial charge in [0.2, 0.25) is 5.91 Å². The van der Waals surface area contributed by atoms with Crippen LogP contribution in [0.25, 0.3) is 0 Å². The maximum Gasteiger partial charge on any atom is 0.472 e. The molecule has 0 aromatic heterocycles. The molecule has 0 fully saturated rings. The van der Waals surface area contributed by atoms with Crippen LogP contribution in [0.4, 0.5) is 0 Å². The van der Waals surface area contributed by atoms with Crippen LogP contribution in [0.1, 0.15) is 232 Å². The second-order valence-electron chi connectivity index (χ2n) is 19.6. The highest BCUT2D eigenvalue weighted by molar-refractivity contribution is 7.47. The second-order valence-corrected chi connectivity index (χ2v) is 21.0. The molecule has 3 unspecified atom stereocenters. The Morgan fingerprint density at radius 2 is 0.909 bits per heavy atom. The third kappa shape index (κ3) is 49.8. The van der Waals surface area contributed by atoms with Crippen LogP contribution in [-0.4, -0.2) is 73.4 Å². The molecule has 0 aromatic carbocycles. The number of likely N-dealkylation sites (N-methyl/N-ethyl adjacent to an activating group) is 1. The van der Waals surface area contributed by atoms with Crippen molar-refractivity contribution in [2.75, 3.05) is 40.9 Å². The zero-order valence-electron chi connectivity index (χ0n) is 43.7. The fourth-order valence-electron chi connectivity index (χ4n) is 7.70. The van der Waals surface area contributed by atoms with Gasteiger partial charge in [-0.15, -0.1) is 0 Å². The van der Waals surface area contributed by atoms with Gasteiger partial charge in [0.15, 0.2) is 0 Å². The van der Waals surface area contributed by atoms with E-state index in [1.165, 1.54) is 128 Å². The molecule has 8 nitrogen and oxygen atoms in total. The lowest BCUT2D eigenvalue weighted by Crippen LogP contribution is -2.46. The Balaban J connectivity index is 3.94. The van der Waals surface area contributed by atoms with Crippen molar-refractivity contribution >= 4 is 13.7 Å². The number of hydrogen-bond donors (Lipinski definition) is 3. The molecule has 0 aromatic rings. The molecule has 3 atom stereocenters. The van der Waals surface area contributed by atoms with E-state index in [0.717, 1.165) is 77.0 Å². The van der Waals surface area contributed by atoms with Gasteiger partial charge >= 0.3 is 7.82 Å². The van der Waals surface area contributed by atoms with Crippen LogP contribution in [0.2, 0.25) is 0 Å².